The Morgan fingerprint density at radius 3 is 2.92 bits per heavy atom. The summed E-state index contributed by atoms with van der Waals surface area (Å²) in [5.41, 5.74) is 0. The van der Waals surface area contributed by atoms with Gasteiger partial charge in [-0.3, -0.25) is 0 Å². The predicted molar refractivity (Wildman–Crippen MR) is 55.1 cm³/mol. The fraction of sp³-hybridized carbons (Fsp3) is 0.667. The average Bonchev–Trinajstić information content (AvgIpc) is 2.05. The second-order valence-corrected chi connectivity index (χ2v) is 4.08. The lowest BCUT2D eigenvalue weighted by Crippen LogP contribution is -1.96. The van der Waals surface area contributed by atoms with Crippen LogP contribution in [0.25, 0.3) is 0 Å². The molecule has 0 heterocycles. The second kappa shape index (κ2) is 5.18. The van der Waals surface area contributed by atoms with Gasteiger partial charge < -0.3 is 0 Å². The van der Waals surface area contributed by atoms with Crippen LogP contribution in [-0.2, 0) is 0 Å². The zero-order valence-corrected chi connectivity index (χ0v) is 8.29. The number of allylic oxidation sites excluding steroid dienone is 4. The van der Waals surface area contributed by atoms with Crippen LogP contribution in [0.4, 0.5) is 0 Å². The molecule has 0 aromatic rings. The molecule has 0 nitrogen and oxygen atoms in total. The quantitative estimate of drug-likeness (QED) is 0.554. The van der Waals surface area contributed by atoms with Crippen LogP contribution >= 0.6 is 0 Å². The largest absolute Gasteiger partial charge is 0.0879 e. The molecule has 0 fully saturated rings. The van der Waals surface area contributed by atoms with E-state index in [1.165, 1.54) is 25.7 Å². The van der Waals surface area contributed by atoms with Gasteiger partial charge in [-0.05, 0) is 37.5 Å². The molecule has 12 heavy (non-hydrogen) atoms. The van der Waals surface area contributed by atoms with Crippen LogP contribution in [-0.4, -0.2) is 0 Å². The Bertz CT molecular complexity index is 163. The van der Waals surface area contributed by atoms with Gasteiger partial charge in [0.05, 0.1) is 0 Å². The molecule has 0 N–H and O–H groups in total. The molecule has 0 amide bonds. The molecule has 0 aromatic carbocycles. The van der Waals surface area contributed by atoms with E-state index in [0.717, 1.165) is 11.8 Å². The fourth-order valence-corrected chi connectivity index (χ4v) is 1.52. The molecular formula is C12H20. The first-order chi connectivity index (χ1) is 5.79. The molecule has 1 atom stereocenters. The first-order valence-electron chi connectivity index (χ1n) is 5.12. The molecule has 1 aliphatic carbocycles. The SMILES string of the molecule is CC(C)CC=CC1C=CCCC1. The Morgan fingerprint density at radius 2 is 2.33 bits per heavy atom. The van der Waals surface area contributed by atoms with Crippen molar-refractivity contribution < 1.29 is 0 Å². The van der Waals surface area contributed by atoms with Crippen molar-refractivity contribution in [3.05, 3.63) is 24.3 Å². The van der Waals surface area contributed by atoms with E-state index in [4.69, 9.17) is 0 Å². The molecule has 0 bridgehead atoms. The Hall–Kier alpha value is -0.520. The summed E-state index contributed by atoms with van der Waals surface area (Å²) in [7, 11) is 0. The van der Waals surface area contributed by atoms with Crippen molar-refractivity contribution in [2.75, 3.05) is 0 Å². The van der Waals surface area contributed by atoms with Crippen LogP contribution in [0.3, 0.4) is 0 Å². The first kappa shape index (κ1) is 9.57. The summed E-state index contributed by atoms with van der Waals surface area (Å²) < 4.78 is 0. The summed E-state index contributed by atoms with van der Waals surface area (Å²) in [6.07, 6.45) is 14.6. The van der Waals surface area contributed by atoms with Crippen molar-refractivity contribution >= 4 is 0 Å². The Morgan fingerprint density at radius 1 is 1.50 bits per heavy atom. The van der Waals surface area contributed by atoms with Crippen molar-refractivity contribution in [1.29, 1.82) is 0 Å². The topological polar surface area (TPSA) is 0 Å². The molecule has 1 aliphatic rings. The van der Waals surface area contributed by atoms with Gasteiger partial charge in [-0.1, -0.05) is 38.2 Å². The number of hydrogen-bond donors (Lipinski definition) is 0. The Labute approximate surface area is 76.4 Å². The van der Waals surface area contributed by atoms with Gasteiger partial charge in [0.1, 0.15) is 0 Å². The van der Waals surface area contributed by atoms with Crippen molar-refractivity contribution in [2.45, 2.75) is 39.5 Å². The minimum atomic E-state index is 0.734. The monoisotopic (exact) mass is 164 g/mol. The first-order valence-corrected chi connectivity index (χ1v) is 5.12. The maximum Gasteiger partial charge on any atom is -0.00534 e. The molecule has 1 unspecified atom stereocenters. The molecule has 0 radical (unpaired) electrons. The smallest absolute Gasteiger partial charge is 0.00534 e. The minimum Gasteiger partial charge on any atom is -0.0879 e. The van der Waals surface area contributed by atoms with Crippen molar-refractivity contribution in [1.82, 2.24) is 0 Å². The van der Waals surface area contributed by atoms with E-state index in [2.05, 4.69) is 38.2 Å². The highest BCUT2D eigenvalue weighted by molar-refractivity contribution is 5.03. The normalized spacial score (nSPS) is 24.1. The van der Waals surface area contributed by atoms with E-state index < -0.39 is 0 Å². The maximum absolute atomic E-state index is 2.37. The van der Waals surface area contributed by atoms with Gasteiger partial charge in [-0.2, -0.15) is 0 Å². The minimum absolute atomic E-state index is 0.734. The van der Waals surface area contributed by atoms with Gasteiger partial charge in [0, 0.05) is 0 Å². The summed E-state index contributed by atoms with van der Waals surface area (Å²) in [5.74, 6) is 1.53. The van der Waals surface area contributed by atoms with E-state index in [-0.39, 0.29) is 0 Å². The Kier molecular flexibility index (Phi) is 4.13. The second-order valence-electron chi connectivity index (χ2n) is 4.08. The van der Waals surface area contributed by atoms with Crippen LogP contribution < -0.4 is 0 Å². The summed E-state index contributed by atoms with van der Waals surface area (Å²) in [6.45, 7) is 4.53. The summed E-state index contributed by atoms with van der Waals surface area (Å²) in [4.78, 5) is 0. The Balaban J connectivity index is 2.24. The molecule has 0 saturated heterocycles. The lowest BCUT2D eigenvalue weighted by molar-refractivity contribution is 0.620. The zero-order chi connectivity index (χ0) is 8.81. The van der Waals surface area contributed by atoms with Gasteiger partial charge in [0.15, 0.2) is 0 Å². The molecule has 1 rings (SSSR count). The lowest BCUT2D eigenvalue weighted by Gasteiger charge is -2.11. The predicted octanol–water partition coefficient (Wildman–Crippen LogP) is 3.95. The van der Waals surface area contributed by atoms with E-state index in [1.54, 1.807) is 0 Å². The fourth-order valence-electron chi connectivity index (χ4n) is 1.52. The van der Waals surface area contributed by atoms with Crippen LogP contribution in [0.15, 0.2) is 24.3 Å². The van der Waals surface area contributed by atoms with Crippen molar-refractivity contribution in [3.8, 4) is 0 Å². The van der Waals surface area contributed by atoms with Crippen LogP contribution in [0.5, 0.6) is 0 Å². The maximum atomic E-state index is 2.37. The summed E-state index contributed by atoms with van der Waals surface area (Å²) in [6, 6.07) is 0. The third kappa shape index (κ3) is 3.75. The van der Waals surface area contributed by atoms with Crippen LogP contribution in [0.1, 0.15) is 39.5 Å². The van der Waals surface area contributed by atoms with E-state index in [1.807, 2.05) is 0 Å². The summed E-state index contributed by atoms with van der Waals surface area (Å²) >= 11 is 0. The van der Waals surface area contributed by atoms with Gasteiger partial charge in [-0.15, -0.1) is 0 Å². The molecule has 0 saturated carbocycles. The highest BCUT2D eigenvalue weighted by Gasteiger charge is 2.03. The average molecular weight is 164 g/mol. The highest BCUT2D eigenvalue weighted by atomic mass is 14.1. The third-order valence-electron chi connectivity index (χ3n) is 2.28. The lowest BCUT2D eigenvalue weighted by atomic mass is 9.95. The molecule has 0 spiro atoms. The summed E-state index contributed by atoms with van der Waals surface area (Å²) in [5, 5.41) is 0. The van der Waals surface area contributed by atoms with E-state index in [9.17, 15) is 0 Å². The standard InChI is InChI=1S/C12H20/c1-11(2)7-6-10-12-8-4-3-5-9-12/h4,6,8,10-12H,3,5,7,9H2,1-2H3. The highest BCUT2D eigenvalue weighted by Crippen LogP contribution is 2.18. The van der Waals surface area contributed by atoms with E-state index >= 15 is 0 Å². The molecular weight excluding hydrogens is 144 g/mol. The number of rotatable bonds is 3. The molecule has 0 aromatic heterocycles. The third-order valence-corrected chi connectivity index (χ3v) is 2.28. The van der Waals surface area contributed by atoms with Crippen molar-refractivity contribution in [3.63, 3.8) is 0 Å². The molecule has 0 aliphatic heterocycles. The van der Waals surface area contributed by atoms with Gasteiger partial charge in [0.2, 0.25) is 0 Å². The number of hydrogen-bond acceptors (Lipinski definition) is 0. The van der Waals surface area contributed by atoms with Gasteiger partial charge in [-0.25, -0.2) is 0 Å². The van der Waals surface area contributed by atoms with Gasteiger partial charge in [0.25, 0.3) is 0 Å². The van der Waals surface area contributed by atoms with Crippen LogP contribution in [0.2, 0.25) is 0 Å². The van der Waals surface area contributed by atoms with E-state index in [0.29, 0.717) is 0 Å². The van der Waals surface area contributed by atoms with Gasteiger partial charge >= 0.3 is 0 Å². The van der Waals surface area contributed by atoms with Crippen LogP contribution in [0, 0.1) is 11.8 Å². The van der Waals surface area contributed by atoms with Crippen molar-refractivity contribution in [2.24, 2.45) is 11.8 Å². The molecule has 0 heteroatoms. The molecule has 68 valence electrons. The zero-order valence-electron chi connectivity index (χ0n) is 8.29.